The first-order valence-electron chi connectivity index (χ1n) is 33.7. The highest BCUT2D eigenvalue weighted by Crippen LogP contribution is 2.15. The SMILES string of the molecule is CC/C=C\C/C=C\C/C=C\C/C=C\C/C=C\C/C=C\C/C=C\C/C=C\CCCCCCCCC(=O)OCC(COC(=O)CCCCCCC/C=C\C/C=C\CCC)OC(=O)CCCCCCCCCCC/C=C\CCCCCCCC. The summed E-state index contributed by atoms with van der Waals surface area (Å²) in [6, 6.07) is 0. The summed E-state index contributed by atoms with van der Waals surface area (Å²) < 4.78 is 16.9. The molecule has 6 heteroatoms. The van der Waals surface area contributed by atoms with Gasteiger partial charge in [0.15, 0.2) is 6.10 Å². The lowest BCUT2D eigenvalue weighted by molar-refractivity contribution is -0.167. The van der Waals surface area contributed by atoms with Crippen molar-refractivity contribution in [1.29, 1.82) is 0 Å². The van der Waals surface area contributed by atoms with Crippen LogP contribution in [-0.4, -0.2) is 37.2 Å². The maximum absolute atomic E-state index is 12.9. The van der Waals surface area contributed by atoms with Crippen LogP contribution in [0.25, 0.3) is 0 Å². The highest BCUT2D eigenvalue weighted by atomic mass is 16.6. The van der Waals surface area contributed by atoms with Gasteiger partial charge in [-0.2, -0.15) is 0 Å². The Balaban J connectivity index is 4.35. The lowest BCUT2D eigenvalue weighted by Crippen LogP contribution is -2.30. The average molecular weight is 1120 g/mol. The van der Waals surface area contributed by atoms with E-state index in [1.54, 1.807) is 0 Å². The molecule has 0 aliphatic carbocycles. The van der Waals surface area contributed by atoms with Crippen molar-refractivity contribution in [3.8, 4) is 0 Å². The fraction of sp³-hybridized carbons (Fsp3) is 0.667. The van der Waals surface area contributed by atoms with Crippen molar-refractivity contribution in [2.75, 3.05) is 13.2 Å². The lowest BCUT2D eigenvalue weighted by Gasteiger charge is -2.18. The van der Waals surface area contributed by atoms with Gasteiger partial charge in [0.2, 0.25) is 0 Å². The lowest BCUT2D eigenvalue weighted by atomic mass is 10.1. The Morgan fingerprint density at radius 2 is 0.506 bits per heavy atom. The van der Waals surface area contributed by atoms with E-state index in [2.05, 4.69) is 154 Å². The van der Waals surface area contributed by atoms with Crippen molar-refractivity contribution in [2.45, 2.75) is 309 Å². The second-order valence-electron chi connectivity index (χ2n) is 22.0. The maximum atomic E-state index is 12.9. The van der Waals surface area contributed by atoms with Crippen LogP contribution in [0, 0.1) is 0 Å². The Hall–Kier alpha value is -4.45. The molecule has 460 valence electrons. The molecule has 6 nitrogen and oxygen atoms in total. The van der Waals surface area contributed by atoms with Gasteiger partial charge in [0.1, 0.15) is 13.2 Å². The van der Waals surface area contributed by atoms with Crippen molar-refractivity contribution < 1.29 is 28.6 Å². The quantitative estimate of drug-likeness (QED) is 0.0261. The zero-order valence-electron chi connectivity index (χ0n) is 52.8. The number of carbonyl (C=O) groups is 3. The summed E-state index contributed by atoms with van der Waals surface area (Å²) in [7, 11) is 0. The Morgan fingerprint density at radius 1 is 0.259 bits per heavy atom. The molecule has 0 fully saturated rings. The monoisotopic (exact) mass is 1120 g/mol. The van der Waals surface area contributed by atoms with Crippen LogP contribution in [0.5, 0.6) is 0 Å². The average Bonchev–Trinajstić information content (AvgIpc) is 3.46. The summed E-state index contributed by atoms with van der Waals surface area (Å²) in [5.74, 6) is -0.918. The van der Waals surface area contributed by atoms with Crippen LogP contribution in [0.15, 0.2) is 134 Å². The van der Waals surface area contributed by atoms with Gasteiger partial charge in [-0.3, -0.25) is 14.4 Å². The minimum absolute atomic E-state index is 0.0930. The van der Waals surface area contributed by atoms with E-state index in [0.29, 0.717) is 19.3 Å². The van der Waals surface area contributed by atoms with E-state index in [9.17, 15) is 14.4 Å². The number of allylic oxidation sites excluding steroid dienone is 22. The summed E-state index contributed by atoms with van der Waals surface area (Å²) in [6.07, 6.45) is 96.0. The fourth-order valence-electron chi connectivity index (χ4n) is 9.08. The molecule has 0 rings (SSSR count). The largest absolute Gasteiger partial charge is 0.462 e. The molecular weight excluding hydrogens is 997 g/mol. The Bertz CT molecular complexity index is 1720. The van der Waals surface area contributed by atoms with Gasteiger partial charge >= 0.3 is 17.9 Å². The molecule has 0 radical (unpaired) electrons. The summed E-state index contributed by atoms with van der Waals surface area (Å²) >= 11 is 0. The molecule has 0 aromatic heterocycles. The minimum atomic E-state index is -0.796. The van der Waals surface area contributed by atoms with Gasteiger partial charge in [0, 0.05) is 19.3 Å². The molecule has 0 spiro atoms. The third kappa shape index (κ3) is 66.2. The molecule has 0 aromatic carbocycles. The van der Waals surface area contributed by atoms with Crippen LogP contribution in [0.3, 0.4) is 0 Å². The van der Waals surface area contributed by atoms with E-state index in [1.807, 2.05) is 0 Å². The summed E-state index contributed by atoms with van der Waals surface area (Å²) in [5, 5.41) is 0. The Kier molecular flexibility index (Phi) is 64.3. The molecule has 1 atom stereocenters. The highest BCUT2D eigenvalue weighted by molar-refractivity contribution is 5.71. The number of carbonyl (C=O) groups excluding carboxylic acids is 3. The standard InChI is InChI=1S/C75H124O6/c1-4-7-10-13-16-19-22-25-27-29-31-32-33-34-35-36-37-38-39-40-41-42-44-45-47-50-53-56-59-62-65-68-74(77)80-71-72(70-79-73(76)67-64-61-58-55-52-49-24-21-18-15-12-9-6-3)81-75(78)69-66-63-60-57-54-51-48-46-43-30-28-26-23-20-17-14-11-8-5-2/h7,10,12,15-16,19,21,24-28,31-32,34-35,37-38,40-41,44-45,72H,4-6,8-9,11,13-14,17-18,20,22-23,29-30,33,36,39,42-43,46-71H2,1-3H3/b10-7-,15-12-,19-16-,24-21-,27-25-,28-26-,32-31-,35-34-,38-37-,41-40-,45-44-. The smallest absolute Gasteiger partial charge is 0.306 e. The van der Waals surface area contributed by atoms with Crippen molar-refractivity contribution in [3.05, 3.63) is 134 Å². The molecule has 0 saturated heterocycles. The summed E-state index contributed by atoms with van der Waals surface area (Å²) in [5.41, 5.74) is 0. The highest BCUT2D eigenvalue weighted by Gasteiger charge is 2.19. The van der Waals surface area contributed by atoms with Gasteiger partial charge in [-0.1, -0.05) is 283 Å². The van der Waals surface area contributed by atoms with E-state index < -0.39 is 6.10 Å². The second-order valence-corrected chi connectivity index (χ2v) is 22.0. The molecule has 81 heavy (non-hydrogen) atoms. The predicted molar refractivity (Wildman–Crippen MR) is 353 cm³/mol. The van der Waals surface area contributed by atoms with Crippen molar-refractivity contribution in [1.82, 2.24) is 0 Å². The number of ether oxygens (including phenoxy) is 3. The van der Waals surface area contributed by atoms with E-state index in [1.165, 1.54) is 109 Å². The van der Waals surface area contributed by atoms with Crippen LogP contribution in [0.4, 0.5) is 0 Å². The zero-order chi connectivity index (χ0) is 58.5. The molecular formula is C75H124O6. The van der Waals surface area contributed by atoms with Crippen molar-refractivity contribution >= 4 is 17.9 Å². The Labute approximate surface area is 500 Å². The first kappa shape index (κ1) is 76.5. The number of esters is 3. The van der Waals surface area contributed by atoms with E-state index in [0.717, 1.165) is 154 Å². The summed E-state index contributed by atoms with van der Waals surface area (Å²) in [6.45, 7) is 6.45. The van der Waals surface area contributed by atoms with Crippen LogP contribution >= 0.6 is 0 Å². The normalized spacial score (nSPS) is 13.0. The van der Waals surface area contributed by atoms with E-state index in [4.69, 9.17) is 14.2 Å². The van der Waals surface area contributed by atoms with E-state index in [-0.39, 0.29) is 31.1 Å². The van der Waals surface area contributed by atoms with Gasteiger partial charge in [-0.05, 0) is 135 Å². The molecule has 0 heterocycles. The topological polar surface area (TPSA) is 78.9 Å². The van der Waals surface area contributed by atoms with Crippen molar-refractivity contribution in [2.24, 2.45) is 0 Å². The number of hydrogen-bond donors (Lipinski definition) is 0. The predicted octanol–water partition coefficient (Wildman–Crippen LogP) is 23.3. The van der Waals surface area contributed by atoms with Gasteiger partial charge in [0.05, 0.1) is 0 Å². The third-order valence-electron chi connectivity index (χ3n) is 14.1. The van der Waals surface area contributed by atoms with Gasteiger partial charge < -0.3 is 14.2 Å². The first-order valence-corrected chi connectivity index (χ1v) is 33.7. The van der Waals surface area contributed by atoms with E-state index >= 15 is 0 Å². The van der Waals surface area contributed by atoms with Gasteiger partial charge in [-0.25, -0.2) is 0 Å². The van der Waals surface area contributed by atoms with Gasteiger partial charge in [0.25, 0.3) is 0 Å². The van der Waals surface area contributed by atoms with Crippen LogP contribution in [0.2, 0.25) is 0 Å². The van der Waals surface area contributed by atoms with Crippen LogP contribution in [-0.2, 0) is 28.6 Å². The maximum Gasteiger partial charge on any atom is 0.306 e. The zero-order valence-corrected chi connectivity index (χ0v) is 52.8. The first-order chi connectivity index (χ1) is 40.0. The number of rotatable bonds is 60. The molecule has 0 saturated carbocycles. The molecule has 0 amide bonds. The molecule has 1 unspecified atom stereocenters. The Morgan fingerprint density at radius 3 is 0.815 bits per heavy atom. The minimum Gasteiger partial charge on any atom is -0.462 e. The number of unbranched alkanes of at least 4 members (excludes halogenated alkanes) is 27. The molecule has 0 N–H and O–H groups in total. The molecule has 0 bridgehead atoms. The van der Waals surface area contributed by atoms with Crippen LogP contribution < -0.4 is 0 Å². The fourth-order valence-corrected chi connectivity index (χ4v) is 9.08. The number of hydrogen-bond acceptors (Lipinski definition) is 6. The molecule has 0 aliphatic rings. The van der Waals surface area contributed by atoms with Crippen molar-refractivity contribution in [3.63, 3.8) is 0 Å². The molecule has 0 aromatic rings. The van der Waals surface area contributed by atoms with Gasteiger partial charge in [-0.15, -0.1) is 0 Å². The third-order valence-corrected chi connectivity index (χ3v) is 14.1. The summed E-state index contributed by atoms with van der Waals surface area (Å²) in [4.78, 5) is 38.3. The second kappa shape index (κ2) is 68.1. The van der Waals surface area contributed by atoms with Crippen LogP contribution in [0.1, 0.15) is 303 Å². The molecule has 0 aliphatic heterocycles.